The number of carbonyl (C=O) groups is 1. The molecule has 6 aliphatic carbocycles. The number of methoxy groups -OCH3 is 1. The zero-order valence-electron chi connectivity index (χ0n) is 15.7. The highest BCUT2D eigenvalue weighted by Crippen LogP contribution is 2.75. The molecule has 0 saturated heterocycles. The molecule has 0 aliphatic heterocycles. The van der Waals surface area contributed by atoms with Crippen molar-refractivity contribution in [3.05, 3.63) is 0 Å². The van der Waals surface area contributed by atoms with Crippen LogP contribution < -0.4 is 0 Å². The largest absolute Gasteiger partial charge is 0.390 e. The Labute approximate surface area is 150 Å². The second-order valence-corrected chi connectivity index (χ2v) is 10.9. The Morgan fingerprint density at radius 2 is 1.92 bits per heavy atom. The van der Waals surface area contributed by atoms with Crippen molar-refractivity contribution in [2.75, 3.05) is 13.7 Å². The smallest absolute Gasteiger partial charge is 0.142 e. The molecule has 10 atom stereocenters. The van der Waals surface area contributed by atoms with Crippen LogP contribution in [0.4, 0.5) is 0 Å². The Kier molecular flexibility index (Phi) is 2.83. The number of rotatable bonds is 2. The highest BCUT2D eigenvalue weighted by atomic mass is 16.5. The van der Waals surface area contributed by atoms with Crippen LogP contribution >= 0.6 is 0 Å². The van der Waals surface area contributed by atoms with Gasteiger partial charge in [-0.15, -0.1) is 0 Å². The maximum atomic E-state index is 12.9. The Morgan fingerprint density at radius 1 is 1.08 bits per heavy atom. The molecule has 6 fully saturated rings. The van der Waals surface area contributed by atoms with Gasteiger partial charge in [-0.2, -0.15) is 0 Å². The molecule has 6 aliphatic rings. The quantitative estimate of drug-likeness (QED) is 0.835. The summed E-state index contributed by atoms with van der Waals surface area (Å²) in [6, 6.07) is 0. The van der Waals surface area contributed by atoms with E-state index in [2.05, 4.69) is 6.92 Å². The number of ether oxygens (including phenoxy) is 1. The lowest BCUT2D eigenvalue weighted by Gasteiger charge is -2.61. The number of Topliss-reactive ketones (excluding diaryl/α,β-unsaturated/α-hetero) is 1. The van der Waals surface area contributed by atoms with E-state index >= 15 is 0 Å². The molecule has 3 unspecified atom stereocenters. The molecule has 0 aromatic heterocycles. The van der Waals surface area contributed by atoms with Gasteiger partial charge in [0.1, 0.15) is 5.78 Å². The molecule has 3 nitrogen and oxygen atoms in total. The topological polar surface area (TPSA) is 46.5 Å². The molecular formula is C22H32O3. The summed E-state index contributed by atoms with van der Waals surface area (Å²) in [6.45, 7) is 3.18. The lowest BCUT2D eigenvalue weighted by molar-refractivity contribution is -0.165. The fraction of sp³-hybridized carbons (Fsp3) is 0.955. The van der Waals surface area contributed by atoms with E-state index in [1.807, 2.05) is 7.11 Å². The zero-order valence-corrected chi connectivity index (χ0v) is 15.7. The molecule has 0 bridgehead atoms. The van der Waals surface area contributed by atoms with Gasteiger partial charge in [0.2, 0.25) is 0 Å². The van der Waals surface area contributed by atoms with Crippen molar-refractivity contribution in [2.24, 2.45) is 52.3 Å². The summed E-state index contributed by atoms with van der Waals surface area (Å²) in [5.74, 6) is 5.04. The van der Waals surface area contributed by atoms with Crippen molar-refractivity contribution in [3.63, 3.8) is 0 Å². The van der Waals surface area contributed by atoms with Gasteiger partial charge >= 0.3 is 0 Å². The summed E-state index contributed by atoms with van der Waals surface area (Å²) in [7, 11) is 1.87. The monoisotopic (exact) mass is 344 g/mol. The van der Waals surface area contributed by atoms with E-state index in [1.165, 1.54) is 25.7 Å². The number of carbonyl (C=O) groups excluding carboxylic acids is 1. The van der Waals surface area contributed by atoms with Crippen molar-refractivity contribution in [1.29, 1.82) is 0 Å². The Bertz CT molecular complexity index is 645. The third-order valence-electron chi connectivity index (χ3n) is 10.2. The second kappa shape index (κ2) is 4.52. The average Bonchev–Trinajstić information content (AvgIpc) is 3.47. The molecule has 1 N–H and O–H groups in total. The lowest BCUT2D eigenvalue weighted by atomic mass is 9.44. The number of aliphatic hydroxyl groups is 1. The minimum absolute atomic E-state index is 0.00909. The first-order valence-electron chi connectivity index (χ1n) is 10.7. The summed E-state index contributed by atoms with van der Waals surface area (Å²) in [5.41, 5.74) is -0.0594. The molecule has 0 spiro atoms. The van der Waals surface area contributed by atoms with E-state index in [0.29, 0.717) is 35.4 Å². The SMILES string of the molecule is COC[C@]12CC[C@]3(O)CC3[C@H]1CC[C@@H]1[C@@H]2CC[C@]2(C)C(=O)C3CC3[C@@H]12. The molecule has 0 radical (unpaired) electrons. The number of fused-ring (bicyclic) bond motifs is 9. The molecule has 3 heteroatoms. The Morgan fingerprint density at radius 3 is 2.72 bits per heavy atom. The van der Waals surface area contributed by atoms with E-state index < -0.39 is 0 Å². The van der Waals surface area contributed by atoms with Gasteiger partial charge in [-0.05, 0) is 86.9 Å². The Balaban J connectivity index is 1.39. The number of hydrogen-bond donors (Lipinski definition) is 1. The summed E-state index contributed by atoms with van der Waals surface area (Å²) in [5, 5.41) is 10.8. The predicted octanol–water partition coefficient (Wildman–Crippen LogP) is 3.44. The van der Waals surface area contributed by atoms with Gasteiger partial charge in [-0.1, -0.05) is 6.92 Å². The fourth-order valence-corrected chi connectivity index (χ4v) is 9.10. The first kappa shape index (κ1) is 15.6. The van der Waals surface area contributed by atoms with Crippen molar-refractivity contribution in [1.82, 2.24) is 0 Å². The third kappa shape index (κ3) is 1.69. The summed E-state index contributed by atoms with van der Waals surface area (Å²) < 4.78 is 5.84. The summed E-state index contributed by atoms with van der Waals surface area (Å²) in [4.78, 5) is 12.9. The molecule has 0 heterocycles. The highest BCUT2D eigenvalue weighted by Gasteiger charge is 2.73. The van der Waals surface area contributed by atoms with Crippen LogP contribution in [0.5, 0.6) is 0 Å². The van der Waals surface area contributed by atoms with Crippen LogP contribution in [0.1, 0.15) is 58.3 Å². The molecular weight excluding hydrogens is 312 g/mol. The van der Waals surface area contributed by atoms with Crippen molar-refractivity contribution in [3.8, 4) is 0 Å². The molecule has 0 aromatic rings. The maximum Gasteiger partial charge on any atom is 0.142 e. The van der Waals surface area contributed by atoms with Gasteiger partial charge in [0.25, 0.3) is 0 Å². The standard InChI is InChI=1S/C22H32O3/c1-20-6-5-15-12(18(20)13-9-14(13)19(20)23)3-4-16-17-10-22(17,24)8-7-21(15,16)11-25-2/h12-18,24H,3-11H2,1-2H3/t12-,13?,14?,15+,16-,17?,18-,20+,21+,22+/m1/s1. The molecule has 138 valence electrons. The van der Waals surface area contributed by atoms with Gasteiger partial charge < -0.3 is 9.84 Å². The minimum atomic E-state index is -0.331. The minimum Gasteiger partial charge on any atom is -0.390 e. The van der Waals surface area contributed by atoms with Crippen LogP contribution in [0.2, 0.25) is 0 Å². The van der Waals surface area contributed by atoms with Gasteiger partial charge in [0, 0.05) is 23.9 Å². The van der Waals surface area contributed by atoms with Gasteiger partial charge in [-0.25, -0.2) is 0 Å². The predicted molar refractivity (Wildman–Crippen MR) is 93.7 cm³/mol. The van der Waals surface area contributed by atoms with Gasteiger partial charge in [0.05, 0.1) is 12.2 Å². The van der Waals surface area contributed by atoms with Crippen molar-refractivity contribution < 1.29 is 14.6 Å². The first-order valence-corrected chi connectivity index (χ1v) is 10.7. The van der Waals surface area contributed by atoms with E-state index in [9.17, 15) is 9.90 Å². The van der Waals surface area contributed by atoms with Gasteiger partial charge in [0.15, 0.2) is 0 Å². The summed E-state index contributed by atoms with van der Waals surface area (Å²) >= 11 is 0. The van der Waals surface area contributed by atoms with Crippen LogP contribution in [0.15, 0.2) is 0 Å². The molecule has 25 heavy (non-hydrogen) atoms. The van der Waals surface area contributed by atoms with Crippen LogP contribution in [-0.4, -0.2) is 30.2 Å². The summed E-state index contributed by atoms with van der Waals surface area (Å²) in [6.07, 6.45) is 9.22. The van der Waals surface area contributed by atoms with Crippen LogP contribution in [0, 0.1) is 52.3 Å². The molecule has 6 saturated carbocycles. The zero-order chi connectivity index (χ0) is 17.2. The van der Waals surface area contributed by atoms with Crippen molar-refractivity contribution in [2.45, 2.75) is 63.9 Å². The molecule has 6 rings (SSSR count). The highest BCUT2D eigenvalue weighted by molar-refractivity contribution is 5.92. The van der Waals surface area contributed by atoms with E-state index in [0.717, 1.165) is 44.1 Å². The Hall–Kier alpha value is -0.410. The van der Waals surface area contributed by atoms with Crippen LogP contribution in [-0.2, 0) is 9.53 Å². The lowest BCUT2D eigenvalue weighted by Crippen LogP contribution is -2.58. The molecule has 0 aromatic carbocycles. The van der Waals surface area contributed by atoms with Crippen molar-refractivity contribution >= 4 is 5.78 Å². The second-order valence-electron chi connectivity index (χ2n) is 10.9. The normalized spacial score (nSPS) is 63.8. The van der Waals surface area contributed by atoms with E-state index in [-0.39, 0.29) is 16.4 Å². The number of ketones is 1. The van der Waals surface area contributed by atoms with Crippen LogP contribution in [0.3, 0.4) is 0 Å². The third-order valence-corrected chi connectivity index (χ3v) is 10.2. The van der Waals surface area contributed by atoms with E-state index in [4.69, 9.17) is 4.74 Å². The van der Waals surface area contributed by atoms with Gasteiger partial charge in [-0.3, -0.25) is 4.79 Å². The molecule has 0 amide bonds. The average molecular weight is 344 g/mol. The fourth-order valence-electron chi connectivity index (χ4n) is 9.10. The van der Waals surface area contributed by atoms with E-state index in [1.54, 1.807) is 0 Å². The van der Waals surface area contributed by atoms with Crippen LogP contribution in [0.25, 0.3) is 0 Å². The first-order chi connectivity index (χ1) is 11.9. The number of hydrogen-bond acceptors (Lipinski definition) is 3. The maximum absolute atomic E-state index is 12.9.